The van der Waals surface area contributed by atoms with Crippen LogP contribution in [0.25, 0.3) is 0 Å². The van der Waals surface area contributed by atoms with Crippen LogP contribution in [0, 0.1) is 0 Å². The van der Waals surface area contributed by atoms with Gasteiger partial charge in [-0.15, -0.1) is 0 Å². The summed E-state index contributed by atoms with van der Waals surface area (Å²) in [4.78, 5) is 13.5. The number of aryl methyl sites for hydroxylation is 1. The molecule has 1 saturated heterocycles. The Morgan fingerprint density at radius 1 is 1.15 bits per heavy atom. The molecular weight excluding hydrogens is 352 g/mol. The zero-order valence-corrected chi connectivity index (χ0v) is 16.0. The summed E-state index contributed by atoms with van der Waals surface area (Å²) in [6.07, 6.45) is 5.98. The highest BCUT2D eigenvalue weighted by Crippen LogP contribution is 2.36. The van der Waals surface area contributed by atoms with Gasteiger partial charge in [0, 0.05) is 45.1 Å². The van der Waals surface area contributed by atoms with Gasteiger partial charge in [-0.3, -0.25) is 4.90 Å². The number of halogens is 1. The number of ether oxygens (including phenoxy) is 1. The number of piperazine rings is 1. The summed E-state index contributed by atoms with van der Waals surface area (Å²) in [5.41, 5.74) is 2.09. The normalized spacial score (nSPS) is 15.3. The topological polar surface area (TPSA) is 61.7 Å². The molecule has 1 fully saturated rings. The molecular formula is C19H25ClN4O2. The zero-order chi connectivity index (χ0) is 18.5. The van der Waals surface area contributed by atoms with Crippen LogP contribution in [-0.2, 0) is 13.0 Å². The number of aromatic nitrogens is 2. The van der Waals surface area contributed by atoms with Gasteiger partial charge in [-0.25, -0.2) is 9.97 Å². The van der Waals surface area contributed by atoms with E-state index in [-0.39, 0.29) is 5.75 Å². The molecule has 0 spiro atoms. The zero-order valence-electron chi connectivity index (χ0n) is 15.3. The van der Waals surface area contributed by atoms with Gasteiger partial charge in [0.15, 0.2) is 11.5 Å². The lowest BCUT2D eigenvalue weighted by atomic mass is 10.1. The minimum absolute atomic E-state index is 0.00544. The molecule has 7 heteroatoms. The van der Waals surface area contributed by atoms with Crippen molar-refractivity contribution in [1.29, 1.82) is 0 Å². The minimum atomic E-state index is 0.00544. The largest absolute Gasteiger partial charge is 0.503 e. The van der Waals surface area contributed by atoms with E-state index in [1.54, 1.807) is 6.07 Å². The van der Waals surface area contributed by atoms with Crippen molar-refractivity contribution in [2.75, 3.05) is 38.2 Å². The lowest BCUT2D eigenvalue weighted by Gasteiger charge is -2.34. The first kappa shape index (κ1) is 18.7. The first-order valence-corrected chi connectivity index (χ1v) is 9.32. The summed E-state index contributed by atoms with van der Waals surface area (Å²) in [6.45, 7) is 6.37. The SMILES string of the molecule is CCCc1cnc(N2CCN(Cc3ccc(OC)c(O)c3Cl)CC2)nc1. The van der Waals surface area contributed by atoms with E-state index in [0.717, 1.165) is 50.5 Å². The quantitative estimate of drug-likeness (QED) is 0.835. The fraction of sp³-hybridized carbons (Fsp3) is 0.474. The Kier molecular flexibility index (Phi) is 6.16. The molecule has 0 bridgehead atoms. The third-order valence-electron chi connectivity index (χ3n) is 4.66. The van der Waals surface area contributed by atoms with Gasteiger partial charge < -0.3 is 14.7 Å². The molecule has 1 aliphatic heterocycles. The van der Waals surface area contributed by atoms with Gasteiger partial charge >= 0.3 is 0 Å². The highest BCUT2D eigenvalue weighted by atomic mass is 35.5. The van der Waals surface area contributed by atoms with Crippen LogP contribution in [-0.4, -0.2) is 53.3 Å². The lowest BCUT2D eigenvalue weighted by Crippen LogP contribution is -2.46. The van der Waals surface area contributed by atoms with E-state index in [9.17, 15) is 5.11 Å². The standard InChI is InChI=1S/C19H25ClN4O2/c1-3-4-14-11-21-19(22-12-14)24-9-7-23(8-10-24)13-15-5-6-16(26-2)18(25)17(15)20/h5-6,11-12,25H,3-4,7-10,13H2,1-2H3. The van der Waals surface area contributed by atoms with Crippen LogP contribution in [0.4, 0.5) is 5.95 Å². The predicted molar refractivity (Wildman–Crippen MR) is 103 cm³/mol. The number of anilines is 1. The highest BCUT2D eigenvalue weighted by Gasteiger charge is 2.21. The van der Waals surface area contributed by atoms with Crippen LogP contribution < -0.4 is 9.64 Å². The molecule has 1 aliphatic rings. The number of nitrogens with zero attached hydrogens (tertiary/aromatic N) is 4. The van der Waals surface area contributed by atoms with E-state index >= 15 is 0 Å². The first-order valence-electron chi connectivity index (χ1n) is 8.95. The molecule has 26 heavy (non-hydrogen) atoms. The fourth-order valence-electron chi connectivity index (χ4n) is 3.15. The van der Waals surface area contributed by atoms with Crippen molar-refractivity contribution >= 4 is 17.5 Å². The van der Waals surface area contributed by atoms with Crippen molar-refractivity contribution in [3.63, 3.8) is 0 Å². The maximum absolute atomic E-state index is 10.1. The molecule has 1 N–H and O–H groups in total. The second kappa shape index (κ2) is 8.56. The van der Waals surface area contributed by atoms with Crippen LogP contribution >= 0.6 is 11.6 Å². The van der Waals surface area contributed by atoms with Gasteiger partial charge in [0.1, 0.15) is 0 Å². The van der Waals surface area contributed by atoms with Crippen LogP contribution in [0.15, 0.2) is 24.5 Å². The maximum atomic E-state index is 10.1. The summed E-state index contributed by atoms with van der Waals surface area (Å²) in [6, 6.07) is 3.65. The van der Waals surface area contributed by atoms with E-state index in [0.29, 0.717) is 17.3 Å². The van der Waals surface area contributed by atoms with Gasteiger partial charge in [-0.2, -0.15) is 0 Å². The average Bonchev–Trinajstić information content (AvgIpc) is 2.67. The molecule has 0 saturated carbocycles. The number of hydrogen-bond acceptors (Lipinski definition) is 6. The number of aromatic hydroxyl groups is 1. The Morgan fingerprint density at radius 3 is 2.46 bits per heavy atom. The van der Waals surface area contributed by atoms with Gasteiger partial charge in [0.2, 0.25) is 5.95 Å². The third kappa shape index (κ3) is 4.19. The van der Waals surface area contributed by atoms with Gasteiger partial charge in [0.25, 0.3) is 0 Å². The van der Waals surface area contributed by atoms with Crippen molar-refractivity contribution in [1.82, 2.24) is 14.9 Å². The van der Waals surface area contributed by atoms with Crippen molar-refractivity contribution in [3.05, 3.63) is 40.7 Å². The van der Waals surface area contributed by atoms with Gasteiger partial charge in [-0.1, -0.05) is 31.0 Å². The van der Waals surface area contributed by atoms with Crippen LogP contribution in [0.1, 0.15) is 24.5 Å². The van der Waals surface area contributed by atoms with Crippen molar-refractivity contribution in [3.8, 4) is 11.5 Å². The first-order chi connectivity index (χ1) is 12.6. The smallest absolute Gasteiger partial charge is 0.225 e. The molecule has 3 rings (SSSR count). The van der Waals surface area contributed by atoms with Crippen LogP contribution in [0.5, 0.6) is 11.5 Å². The molecule has 140 valence electrons. The number of benzene rings is 1. The molecule has 0 radical (unpaired) electrons. The molecule has 0 aliphatic carbocycles. The van der Waals surface area contributed by atoms with Crippen LogP contribution in [0.2, 0.25) is 5.02 Å². The Hall–Kier alpha value is -2.05. The molecule has 0 unspecified atom stereocenters. The molecule has 1 aromatic carbocycles. The molecule has 0 amide bonds. The second-order valence-electron chi connectivity index (χ2n) is 6.49. The van der Waals surface area contributed by atoms with Crippen molar-refractivity contribution in [2.24, 2.45) is 0 Å². The predicted octanol–water partition coefficient (Wildman–Crippen LogP) is 3.12. The van der Waals surface area contributed by atoms with E-state index in [1.807, 2.05) is 18.5 Å². The molecule has 6 nitrogen and oxygen atoms in total. The fourth-order valence-corrected chi connectivity index (χ4v) is 3.37. The molecule has 2 aromatic rings. The van der Waals surface area contributed by atoms with E-state index in [2.05, 4.69) is 26.7 Å². The summed E-state index contributed by atoms with van der Waals surface area (Å²) >= 11 is 6.27. The Bertz CT molecular complexity index is 731. The molecule has 0 atom stereocenters. The number of rotatable bonds is 6. The monoisotopic (exact) mass is 376 g/mol. The maximum Gasteiger partial charge on any atom is 0.225 e. The van der Waals surface area contributed by atoms with E-state index in [4.69, 9.17) is 16.3 Å². The molecule has 1 aromatic heterocycles. The molecule has 2 heterocycles. The second-order valence-corrected chi connectivity index (χ2v) is 6.87. The third-order valence-corrected chi connectivity index (χ3v) is 5.08. The number of phenols is 1. The van der Waals surface area contributed by atoms with Crippen molar-refractivity contribution < 1.29 is 9.84 Å². The summed E-state index contributed by atoms with van der Waals surface area (Å²) in [5.74, 6) is 1.20. The Morgan fingerprint density at radius 2 is 1.85 bits per heavy atom. The summed E-state index contributed by atoms with van der Waals surface area (Å²) in [5, 5.41) is 10.4. The van der Waals surface area contributed by atoms with Gasteiger partial charge in [-0.05, 0) is 23.6 Å². The lowest BCUT2D eigenvalue weighted by molar-refractivity contribution is 0.248. The van der Waals surface area contributed by atoms with E-state index in [1.165, 1.54) is 12.7 Å². The van der Waals surface area contributed by atoms with Crippen molar-refractivity contribution in [2.45, 2.75) is 26.3 Å². The van der Waals surface area contributed by atoms with Crippen LogP contribution in [0.3, 0.4) is 0 Å². The summed E-state index contributed by atoms with van der Waals surface area (Å²) in [7, 11) is 1.52. The van der Waals surface area contributed by atoms with Gasteiger partial charge in [0.05, 0.1) is 12.1 Å². The number of hydrogen-bond donors (Lipinski definition) is 1. The minimum Gasteiger partial charge on any atom is -0.503 e. The Labute approximate surface area is 159 Å². The summed E-state index contributed by atoms with van der Waals surface area (Å²) < 4.78 is 5.09. The Balaban J connectivity index is 1.58. The average molecular weight is 377 g/mol. The number of phenolic OH excluding ortho intramolecular Hbond substituents is 1. The van der Waals surface area contributed by atoms with E-state index < -0.39 is 0 Å². The number of methoxy groups -OCH3 is 1. The highest BCUT2D eigenvalue weighted by molar-refractivity contribution is 6.33.